The molecule has 0 aliphatic heterocycles. The van der Waals surface area contributed by atoms with Crippen LogP contribution in [0.3, 0.4) is 0 Å². The Balaban J connectivity index is 4.05. The first kappa shape index (κ1) is 11.9. The van der Waals surface area contributed by atoms with Gasteiger partial charge in [0, 0.05) is 13.7 Å². The Morgan fingerprint density at radius 3 is 2.25 bits per heavy atom. The summed E-state index contributed by atoms with van der Waals surface area (Å²) in [6, 6.07) is 0. The molecule has 0 rings (SSSR count). The standard InChI is InChI=1S/C8H17O2Si2/c1-6-10-11(9-2)7-8-12(3,4)5/h6H2,1-5H3. The van der Waals surface area contributed by atoms with Crippen LogP contribution in [-0.2, 0) is 8.85 Å². The van der Waals surface area contributed by atoms with E-state index in [-0.39, 0.29) is 0 Å². The lowest BCUT2D eigenvalue weighted by molar-refractivity contribution is 0.254. The van der Waals surface area contributed by atoms with E-state index in [9.17, 15) is 0 Å². The molecule has 0 aliphatic rings. The van der Waals surface area contributed by atoms with Gasteiger partial charge in [0.15, 0.2) is 0 Å². The fourth-order valence-electron chi connectivity index (χ4n) is 0.516. The second-order valence-electron chi connectivity index (χ2n) is 3.42. The van der Waals surface area contributed by atoms with Crippen molar-refractivity contribution in [2.24, 2.45) is 0 Å². The second kappa shape index (κ2) is 5.54. The van der Waals surface area contributed by atoms with E-state index in [2.05, 4.69) is 30.7 Å². The van der Waals surface area contributed by atoms with Gasteiger partial charge in [-0.15, -0.1) is 5.54 Å². The molecule has 2 nitrogen and oxygen atoms in total. The van der Waals surface area contributed by atoms with Gasteiger partial charge in [-0.1, -0.05) is 25.2 Å². The van der Waals surface area contributed by atoms with E-state index in [0.717, 1.165) is 0 Å². The van der Waals surface area contributed by atoms with Crippen LogP contribution < -0.4 is 0 Å². The van der Waals surface area contributed by atoms with Gasteiger partial charge in [0.05, 0.1) is 0 Å². The number of hydrogen-bond acceptors (Lipinski definition) is 2. The molecular formula is C8H17O2Si2. The van der Waals surface area contributed by atoms with Crippen LogP contribution in [0.1, 0.15) is 6.92 Å². The summed E-state index contributed by atoms with van der Waals surface area (Å²) in [6.07, 6.45) is 0. The van der Waals surface area contributed by atoms with Crippen LogP contribution in [0.15, 0.2) is 0 Å². The highest BCUT2D eigenvalue weighted by molar-refractivity contribution is 6.84. The molecule has 0 heterocycles. The maximum absolute atomic E-state index is 5.31. The Morgan fingerprint density at radius 1 is 1.33 bits per heavy atom. The summed E-state index contributed by atoms with van der Waals surface area (Å²) in [7, 11) is -0.900. The van der Waals surface area contributed by atoms with Crippen LogP contribution >= 0.6 is 0 Å². The minimum atomic E-state index is -1.29. The molecule has 0 aromatic carbocycles. The average Bonchev–Trinajstić information content (AvgIpc) is 1.96. The molecule has 69 valence electrons. The summed E-state index contributed by atoms with van der Waals surface area (Å²) in [5.41, 5.74) is 6.32. The molecule has 0 bridgehead atoms. The van der Waals surface area contributed by atoms with Gasteiger partial charge in [-0.05, 0) is 6.92 Å². The lowest BCUT2D eigenvalue weighted by Crippen LogP contribution is -2.23. The quantitative estimate of drug-likeness (QED) is 0.510. The second-order valence-corrected chi connectivity index (χ2v) is 9.70. The Kier molecular flexibility index (Phi) is 5.50. The van der Waals surface area contributed by atoms with Crippen molar-refractivity contribution >= 4 is 17.4 Å². The minimum Gasteiger partial charge on any atom is -0.387 e. The molecule has 0 aromatic rings. The smallest absolute Gasteiger partial charge is 0.387 e. The van der Waals surface area contributed by atoms with Crippen molar-refractivity contribution in [1.29, 1.82) is 0 Å². The Hall–Kier alpha value is -0.0862. The highest BCUT2D eigenvalue weighted by Gasteiger charge is 2.12. The van der Waals surface area contributed by atoms with Crippen molar-refractivity contribution in [3.63, 3.8) is 0 Å². The Morgan fingerprint density at radius 2 is 1.92 bits per heavy atom. The van der Waals surface area contributed by atoms with Crippen molar-refractivity contribution in [2.75, 3.05) is 13.7 Å². The third kappa shape index (κ3) is 6.61. The van der Waals surface area contributed by atoms with Crippen LogP contribution in [0.25, 0.3) is 0 Å². The van der Waals surface area contributed by atoms with E-state index < -0.39 is 17.4 Å². The number of hydrogen-bond donors (Lipinski definition) is 0. The molecule has 0 atom stereocenters. The largest absolute Gasteiger partial charge is 0.482 e. The first-order chi connectivity index (χ1) is 5.49. The van der Waals surface area contributed by atoms with Crippen LogP contribution in [0, 0.1) is 11.1 Å². The van der Waals surface area contributed by atoms with E-state index in [1.165, 1.54) is 0 Å². The lowest BCUT2D eigenvalue weighted by atomic mass is 10.9. The maximum Gasteiger partial charge on any atom is 0.482 e. The monoisotopic (exact) mass is 201 g/mol. The van der Waals surface area contributed by atoms with Crippen molar-refractivity contribution in [3.05, 3.63) is 0 Å². The highest BCUT2D eigenvalue weighted by Crippen LogP contribution is 1.97. The summed E-state index contributed by atoms with van der Waals surface area (Å²) in [5, 5.41) is 0. The van der Waals surface area contributed by atoms with Crippen LogP contribution in [0.4, 0.5) is 0 Å². The molecule has 0 N–H and O–H groups in total. The molecule has 4 heteroatoms. The molecule has 0 saturated carbocycles. The van der Waals surface area contributed by atoms with Crippen LogP contribution in [0.2, 0.25) is 19.6 Å². The van der Waals surface area contributed by atoms with Gasteiger partial charge in [-0.2, -0.15) is 0 Å². The average molecular weight is 201 g/mol. The first-order valence-electron chi connectivity index (χ1n) is 4.06. The van der Waals surface area contributed by atoms with Gasteiger partial charge >= 0.3 is 9.28 Å². The van der Waals surface area contributed by atoms with Crippen molar-refractivity contribution in [1.82, 2.24) is 0 Å². The molecule has 0 fully saturated rings. The molecular weight excluding hydrogens is 184 g/mol. The molecule has 0 unspecified atom stereocenters. The van der Waals surface area contributed by atoms with Gasteiger partial charge in [-0.25, -0.2) is 0 Å². The van der Waals surface area contributed by atoms with Gasteiger partial charge < -0.3 is 8.85 Å². The van der Waals surface area contributed by atoms with Crippen molar-refractivity contribution in [3.8, 4) is 11.1 Å². The van der Waals surface area contributed by atoms with E-state index >= 15 is 0 Å². The first-order valence-corrected chi connectivity index (χ1v) is 8.88. The summed E-state index contributed by atoms with van der Waals surface area (Å²) in [6.45, 7) is 9.27. The van der Waals surface area contributed by atoms with Crippen LogP contribution in [0.5, 0.6) is 0 Å². The zero-order chi connectivity index (χ0) is 9.61. The van der Waals surface area contributed by atoms with Gasteiger partial charge in [-0.3, -0.25) is 0 Å². The van der Waals surface area contributed by atoms with Gasteiger partial charge in [0.2, 0.25) is 0 Å². The molecule has 0 spiro atoms. The fourth-order valence-corrected chi connectivity index (χ4v) is 2.98. The predicted octanol–water partition coefficient (Wildman–Crippen LogP) is 1.58. The molecule has 12 heavy (non-hydrogen) atoms. The fraction of sp³-hybridized carbons (Fsp3) is 0.750. The summed E-state index contributed by atoms with van der Waals surface area (Å²) in [4.78, 5) is 0. The SMILES string of the molecule is CCO[Si](C#C[Si](C)(C)C)OC. The third-order valence-corrected chi connectivity index (χ3v) is 3.38. The summed E-state index contributed by atoms with van der Waals surface area (Å²) >= 11 is 0. The summed E-state index contributed by atoms with van der Waals surface area (Å²) in [5.74, 6) is 0. The highest BCUT2D eigenvalue weighted by atomic mass is 28.3. The zero-order valence-corrected chi connectivity index (χ0v) is 10.5. The van der Waals surface area contributed by atoms with E-state index in [4.69, 9.17) is 8.85 Å². The topological polar surface area (TPSA) is 18.5 Å². The minimum absolute atomic E-state index is 0.683. The van der Waals surface area contributed by atoms with Crippen molar-refractivity contribution in [2.45, 2.75) is 26.6 Å². The molecule has 0 amide bonds. The van der Waals surface area contributed by atoms with E-state index in [1.807, 2.05) is 6.92 Å². The third-order valence-electron chi connectivity index (χ3n) is 1.00. The van der Waals surface area contributed by atoms with E-state index in [1.54, 1.807) is 7.11 Å². The molecule has 0 aromatic heterocycles. The van der Waals surface area contributed by atoms with Crippen molar-refractivity contribution < 1.29 is 8.85 Å². The normalized spacial score (nSPS) is 11.2. The Bertz CT molecular complexity index is 176. The Labute approximate surface area is 78.1 Å². The van der Waals surface area contributed by atoms with Gasteiger partial charge in [0.25, 0.3) is 0 Å². The molecule has 0 saturated heterocycles. The molecule has 0 aliphatic carbocycles. The lowest BCUT2D eigenvalue weighted by Gasteiger charge is -2.06. The predicted molar refractivity (Wildman–Crippen MR) is 55.5 cm³/mol. The van der Waals surface area contributed by atoms with Gasteiger partial charge in [0.1, 0.15) is 8.07 Å². The van der Waals surface area contributed by atoms with Crippen LogP contribution in [-0.4, -0.2) is 31.1 Å². The maximum atomic E-state index is 5.31. The van der Waals surface area contributed by atoms with E-state index in [0.29, 0.717) is 6.61 Å². The number of rotatable bonds is 3. The summed E-state index contributed by atoms with van der Waals surface area (Å²) < 4.78 is 10.4. The zero-order valence-electron chi connectivity index (χ0n) is 8.52. The molecule has 1 radical (unpaired) electrons.